The summed E-state index contributed by atoms with van der Waals surface area (Å²) in [5.41, 5.74) is -1.19. The van der Waals surface area contributed by atoms with E-state index in [1.165, 1.54) is 50.0 Å². The Bertz CT molecular complexity index is 1590. The maximum Gasteiger partial charge on any atom is 0.263 e. The zero-order chi connectivity index (χ0) is 27.7. The third-order valence-corrected chi connectivity index (χ3v) is 6.90. The lowest BCUT2D eigenvalue weighted by Crippen LogP contribution is -2.42. The van der Waals surface area contributed by atoms with Crippen LogP contribution in [0.25, 0.3) is 5.65 Å². The van der Waals surface area contributed by atoms with Gasteiger partial charge < -0.3 is 14.2 Å². The van der Waals surface area contributed by atoms with Gasteiger partial charge in [0.25, 0.3) is 5.91 Å². The third kappa shape index (κ3) is 4.48. The summed E-state index contributed by atoms with van der Waals surface area (Å²) in [7, 11) is 1.42. The molecule has 0 saturated carbocycles. The van der Waals surface area contributed by atoms with Crippen LogP contribution in [0.2, 0.25) is 0 Å². The molecule has 1 aliphatic carbocycles. The maximum absolute atomic E-state index is 15.3. The summed E-state index contributed by atoms with van der Waals surface area (Å²) in [4.78, 5) is 22.0. The Morgan fingerprint density at radius 3 is 2.67 bits per heavy atom. The Kier molecular flexibility index (Phi) is 7.00. The van der Waals surface area contributed by atoms with Gasteiger partial charge in [0, 0.05) is 30.1 Å². The number of fused-ring (bicyclic) bond motifs is 1. The predicted octanol–water partition coefficient (Wildman–Crippen LogP) is 4.22. The van der Waals surface area contributed by atoms with Gasteiger partial charge in [-0.1, -0.05) is 43.4 Å². The molecule has 39 heavy (non-hydrogen) atoms. The number of allylic oxidation sites excluding steroid dienone is 3. The molecule has 0 fully saturated rings. The number of carbonyl (C=O) groups excluding carboxylic acids is 1. The van der Waals surface area contributed by atoms with Crippen molar-refractivity contribution in [1.29, 1.82) is 0 Å². The number of aryl methyl sites for hydroxylation is 2. The number of carbonyl (C=O) groups is 1. The largest absolute Gasteiger partial charge is 0.496 e. The summed E-state index contributed by atoms with van der Waals surface area (Å²) in [6, 6.07) is 7.28. The number of benzene rings is 1. The quantitative estimate of drug-likeness (QED) is 0.351. The van der Waals surface area contributed by atoms with Crippen molar-refractivity contribution in [2.24, 2.45) is 5.92 Å². The minimum atomic E-state index is -2.16. The van der Waals surface area contributed by atoms with E-state index in [9.17, 15) is 9.90 Å². The first kappa shape index (κ1) is 26.2. The van der Waals surface area contributed by atoms with Crippen molar-refractivity contribution < 1.29 is 23.4 Å². The van der Waals surface area contributed by atoms with Gasteiger partial charge in [-0.3, -0.25) is 14.8 Å². The number of halogens is 2. The number of imidazole rings is 1. The molecule has 3 atom stereocenters. The van der Waals surface area contributed by atoms with E-state index in [1.54, 1.807) is 33.4 Å². The first-order valence-corrected chi connectivity index (χ1v) is 12.6. The number of methoxy groups -OCH3 is 1. The van der Waals surface area contributed by atoms with Gasteiger partial charge in [-0.05, 0) is 25.5 Å². The Morgan fingerprint density at radius 1 is 1.23 bits per heavy atom. The molecule has 4 aromatic rings. The van der Waals surface area contributed by atoms with E-state index in [1.807, 2.05) is 13.8 Å². The van der Waals surface area contributed by atoms with E-state index >= 15 is 8.78 Å². The molecule has 202 valence electrons. The van der Waals surface area contributed by atoms with Crippen LogP contribution in [0.3, 0.4) is 0 Å². The maximum atomic E-state index is 15.3. The molecule has 0 radical (unpaired) electrons. The number of alkyl halides is 1. The molecule has 1 amide bonds. The van der Waals surface area contributed by atoms with Gasteiger partial charge in [0.1, 0.15) is 35.3 Å². The topological polar surface area (TPSA) is 107 Å². The van der Waals surface area contributed by atoms with Gasteiger partial charge in [0.05, 0.1) is 24.3 Å². The fourth-order valence-electron chi connectivity index (χ4n) is 4.96. The highest BCUT2D eigenvalue weighted by molar-refractivity contribution is 6.05. The minimum Gasteiger partial charge on any atom is -0.496 e. The SMILES string of the molecule is CCc1c(C(O)(c2ccccc2F)C2C=CC=CC2F)nc2cc(OC)c(C(=O)Nc3ncn(CC)n3)cn12. The summed E-state index contributed by atoms with van der Waals surface area (Å²) in [5.74, 6) is -2.02. The molecule has 3 heterocycles. The Balaban J connectivity index is 1.69. The molecule has 0 aliphatic heterocycles. The lowest BCUT2D eigenvalue weighted by atomic mass is 9.74. The van der Waals surface area contributed by atoms with E-state index in [0.717, 1.165) is 0 Å². The van der Waals surface area contributed by atoms with Crippen molar-refractivity contribution in [2.75, 3.05) is 12.4 Å². The number of anilines is 1. The molecular weight excluding hydrogens is 506 g/mol. The van der Waals surface area contributed by atoms with Gasteiger partial charge in [-0.15, -0.1) is 5.10 Å². The number of aliphatic hydroxyl groups is 1. The third-order valence-electron chi connectivity index (χ3n) is 6.90. The first-order valence-electron chi connectivity index (χ1n) is 12.6. The predicted molar refractivity (Wildman–Crippen MR) is 141 cm³/mol. The Hall–Kier alpha value is -4.38. The summed E-state index contributed by atoms with van der Waals surface area (Å²) < 4.78 is 39.2. The monoisotopic (exact) mass is 534 g/mol. The van der Waals surface area contributed by atoms with Crippen molar-refractivity contribution in [3.05, 3.63) is 95.5 Å². The zero-order valence-corrected chi connectivity index (χ0v) is 21.7. The van der Waals surface area contributed by atoms with E-state index < -0.39 is 29.4 Å². The number of aromatic nitrogens is 5. The number of rotatable bonds is 8. The first-order chi connectivity index (χ1) is 18.8. The number of hydrogen-bond acceptors (Lipinski definition) is 6. The van der Waals surface area contributed by atoms with Crippen molar-refractivity contribution in [3.8, 4) is 5.75 Å². The molecule has 2 N–H and O–H groups in total. The van der Waals surface area contributed by atoms with Crippen LogP contribution in [0.15, 0.2) is 67.2 Å². The van der Waals surface area contributed by atoms with E-state index in [2.05, 4.69) is 20.4 Å². The number of nitrogens with zero attached hydrogens (tertiary/aromatic N) is 5. The highest BCUT2D eigenvalue weighted by Gasteiger charge is 2.48. The average molecular weight is 535 g/mol. The van der Waals surface area contributed by atoms with Crippen molar-refractivity contribution >= 4 is 17.5 Å². The molecule has 0 saturated heterocycles. The van der Waals surface area contributed by atoms with E-state index in [0.29, 0.717) is 24.3 Å². The van der Waals surface area contributed by atoms with E-state index in [-0.39, 0.29) is 28.5 Å². The highest BCUT2D eigenvalue weighted by atomic mass is 19.1. The van der Waals surface area contributed by atoms with Gasteiger partial charge in [0.2, 0.25) is 5.95 Å². The number of ether oxygens (including phenoxy) is 1. The van der Waals surface area contributed by atoms with Crippen molar-refractivity contribution in [1.82, 2.24) is 24.1 Å². The van der Waals surface area contributed by atoms with Crippen LogP contribution in [0.4, 0.5) is 14.7 Å². The molecule has 1 aliphatic rings. The molecule has 11 heteroatoms. The van der Waals surface area contributed by atoms with Gasteiger partial charge in [0.15, 0.2) is 0 Å². The number of pyridine rings is 1. The van der Waals surface area contributed by atoms with Crippen LogP contribution in [0.5, 0.6) is 5.75 Å². The average Bonchev–Trinajstić information content (AvgIpc) is 3.56. The van der Waals surface area contributed by atoms with Crippen molar-refractivity contribution in [2.45, 2.75) is 38.6 Å². The van der Waals surface area contributed by atoms with Gasteiger partial charge in [-0.2, -0.15) is 0 Å². The summed E-state index contributed by atoms with van der Waals surface area (Å²) >= 11 is 0. The second kappa shape index (κ2) is 10.4. The fourth-order valence-corrected chi connectivity index (χ4v) is 4.96. The normalized spacial score (nSPS) is 18.3. The smallest absolute Gasteiger partial charge is 0.263 e. The van der Waals surface area contributed by atoms with Crippen LogP contribution < -0.4 is 10.1 Å². The standard InChI is InChI=1S/C28H28F2N6O3/c1-4-22-25(28(38,18-10-6-8-12-20(18)29)19-11-7-9-13-21(19)30)32-24-14-23(39-3)17(15-36(22)24)26(37)33-27-31-16-35(5-2)34-27/h6-16,18,20,38H,4-5H2,1-3H3,(H,33,34,37). The second-order valence-corrected chi connectivity index (χ2v) is 9.11. The molecule has 0 bridgehead atoms. The summed E-state index contributed by atoms with van der Waals surface area (Å²) in [6.45, 7) is 4.32. The Labute approximate surface area is 223 Å². The molecule has 3 aromatic heterocycles. The molecular formula is C28H28F2N6O3. The number of nitrogens with one attached hydrogen (secondary N) is 1. The Morgan fingerprint density at radius 2 is 2.00 bits per heavy atom. The van der Waals surface area contributed by atoms with Crippen LogP contribution >= 0.6 is 0 Å². The van der Waals surface area contributed by atoms with Crippen LogP contribution in [-0.4, -0.2) is 48.4 Å². The second-order valence-electron chi connectivity index (χ2n) is 9.11. The molecule has 5 rings (SSSR count). The lowest BCUT2D eigenvalue weighted by Gasteiger charge is -2.36. The molecule has 3 unspecified atom stereocenters. The minimum absolute atomic E-state index is 0.0886. The van der Waals surface area contributed by atoms with Gasteiger partial charge in [-0.25, -0.2) is 18.7 Å². The fraction of sp³-hybridized carbons (Fsp3) is 0.286. The van der Waals surface area contributed by atoms with Crippen LogP contribution in [0, 0.1) is 11.7 Å². The summed E-state index contributed by atoms with van der Waals surface area (Å²) in [5, 5.41) is 19.1. The van der Waals surface area contributed by atoms with Gasteiger partial charge >= 0.3 is 0 Å². The van der Waals surface area contributed by atoms with Crippen molar-refractivity contribution in [3.63, 3.8) is 0 Å². The number of hydrogen-bond donors (Lipinski definition) is 2. The number of amides is 1. The van der Waals surface area contributed by atoms with Crippen LogP contribution in [0.1, 0.15) is 41.2 Å². The lowest BCUT2D eigenvalue weighted by molar-refractivity contribution is 0.00413. The van der Waals surface area contributed by atoms with E-state index in [4.69, 9.17) is 4.74 Å². The highest BCUT2D eigenvalue weighted by Crippen LogP contribution is 2.44. The molecule has 1 aromatic carbocycles. The molecule has 9 nitrogen and oxygen atoms in total. The van der Waals surface area contributed by atoms with Crippen LogP contribution in [-0.2, 0) is 18.6 Å². The summed E-state index contributed by atoms with van der Waals surface area (Å²) in [6.07, 6.45) is 7.77. The zero-order valence-electron chi connectivity index (χ0n) is 21.7. The molecule has 0 spiro atoms.